The third kappa shape index (κ3) is 18.6. The van der Waals surface area contributed by atoms with Crippen molar-refractivity contribution < 1.29 is 51.8 Å². The predicted molar refractivity (Wildman–Crippen MR) is 179 cm³/mol. The number of carboxylic acid groups (broad SMARTS) is 1. The Labute approximate surface area is 285 Å². The highest BCUT2D eigenvalue weighted by molar-refractivity contribution is 7.93. The minimum absolute atomic E-state index is 0.0140. The number of ether oxygens (including phenoxy) is 2. The Morgan fingerprint density at radius 2 is 1.41 bits per heavy atom. The zero-order valence-corrected chi connectivity index (χ0v) is 28.7. The average molecular weight is 705 g/mol. The molecular weight excluding hydrogens is 660 g/mol. The zero-order valence-electron chi connectivity index (χ0n) is 27.8. The first-order chi connectivity index (χ1) is 23.2. The Bertz CT molecular complexity index is 1520. The predicted octanol–water partition coefficient (Wildman–Crippen LogP) is 2.14. The molecule has 0 bridgehead atoms. The molecule has 0 radical (unpaired) electrons. The maximum atomic E-state index is 13.4. The summed E-state index contributed by atoms with van der Waals surface area (Å²) in [6, 6.07) is 12.5. The lowest BCUT2D eigenvalue weighted by atomic mass is 10.0. The number of sulfone groups is 1. The van der Waals surface area contributed by atoms with E-state index >= 15 is 0 Å². The number of hydrogen-bond donors (Lipinski definition) is 5. The van der Waals surface area contributed by atoms with Gasteiger partial charge in [0.05, 0.1) is 32.0 Å². The van der Waals surface area contributed by atoms with Gasteiger partial charge in [0, 0.05) is 11.7 Å². The van der Waals surface area contributed by atoms with Crippen LogP contribution in [0.5, 0.6) is 0 Å². The molecule has 0 spiro atoms. The van der Waals surface area contributed by atoms with Crippen LogP contribution in [0.2, 0.25) is 0 Å². The highest BCUT2D eigenvalue weighted by atomic mass is 32.2. The van der Waals surface area contributed by atoms with E-state index in [-0.39, 0.29) is 18.8 Å². The van der Waals surface area contributed by atoms with Crippen LogP contribution >= 0.6 is 0 Å². The van der Waals surface area contributed by atoms with Crippen molar-refractivity contribution in [1.82, 2.24) is 21.3 Å². The van der Waals surface area contributed by atoms with Crippen molar-refractivity contribution in [3.05, 3.63) is 83.3 Å². The number of benzene rings is 2. The second kappa shape index (κ2) is 22.3. The van der Waals surface area contributed by atoms with E-state index in [4.69, 9.17) is 14.6 Å². The van der Waals surface area contributed by atoms with Gasteiger partial charge in [-0.25, -0.2) is 13.2 Å². The number of rotatable bonds is 17. The van der Waals surface area contributed by atoms with Crippen LogP contribution in [0.15, 0.2) is 72.1 Å². The van der Waals surface area contributed by atoms with E-state index in [1.807, 2.05) is 0 Å². The Balaban J connectivity index is 0.00000385. The molecule has 0 aliphatic heterocycles. The van der Waals surface area contributed by atoms with Crippen molar-refractivity contribution >= 4 is 45.6 Å². The Kier molecular flexibility index (Phi) is 19.0. The number of carbonyl (C=O) groups is 6. The summed E-state index contributed by atoms with van der Waals surface area (Å²) in [5, 5.41) is 19.3. The van der Waals surface area contributed by atoms with Crippen LogP contribution < -0.4 is 21.3 Å². The van der Waals surface area contributed by atoms with Crippen LogP contribution in [0, 0.1) is 0 Å². The Morgan fingerprint density at radius 3 is 1.96 bits per heavy atom. The topological polar surface area (TPSA) is 223 Å². The molecule has 2 aromatic rings. The molecule has 2 aromatic carbocycles. The lowest BCUT2D eigenvalue weighted by Crippen LogP contribution is -2.52. The van der Waals surface area contributed by atoms with E-state index in [0.717, 1.165) is 17.7 Å². The van der Waals surface area contributed by atoms with Crippen molar-refractivity contribution in [3.63, 3.8) is 0 Å². The molecule has 0 aliphatic rings. The quantitative estimate of drug-likeness (QED) is 0.150. The summed E-state index contributed by atoms with van der Waals surface area (Å²) in [5.41, 5.74) is 0.963. The minimum atomic E-state index is -3.61. The van der Waals surface area contributed by atoms with E-state index in [2.05, 4.69) is 35.1 Å². The zero-order chi connectivity index (χ0) is 36.8. The molecule has 0 aliphatic carbocycles. The number of amides is 4. The summed E-state index contributed by atoms with van der Waals surface area (Å²) in [5.74, 6) is -4.76. The van der Waals surface area contributed by atoms with Gasteiger partial charge in [0.15, 0.2) is 9.84 Å². The number of aliphatic carboxylic acids is 1. The van der Waals surface area contributed by atoms with Gasteiger partial charge >= 0.3 is 18.0 Å². The largest absolute Gasteiger partial charge is 0.481 e. The van der Waals surface area contributed by atoms with E-state index in [0.29, 0.717) is 5.56 Å². The van der Waals surface area contributed by atoms with Crippen LogP contribution in [0.4, 0.5) is 4.79 Å². The van der Waals surface area contributed by atoms with Crippen molar-refractivity contribution in [1.29, 1.82) is 0 Å². The van der Waals surface area contributed by atoms with E-state index < -0.39 is 83.1 Å². The number of esters is 1. The molecule has 0 fully saturated rings. The summed E-state index contributed by atoms with van der Waals surface area (Å²) in [4.78, 5) is 75.0. The molecule has 2 rings (SSSR count). The van der Waals surface area contributed by atoms with Crippen molar-refractivity contribution in [2.45, 2.75) is 64.8 Å². The molecular formula is C33H44N4O11S. The lowest BCUT2D eigenvalue weighted by molar-refractivity contribution is -0.145. The standard InChI is InChI=1S/C30H36N4O11S.C3H8/c1-3-44-26(38)17-23(33-30(41)45-19-20-10-6-4-7-11-20)28(39)34-27(21-12-8-5-9-13-21)29(40)31-18-24(35)32-22(16-25(36)37)14-15-46(2,42)43;1-3-2/h4-15,22-23,27H,3,16-19H2,1-2H3,(H,31,40)(H,32,35)(H,33,41)(H,34,39)(H,36,37);3H2,1-2H3/b15-14+;/t22-,23+,27+;/m1./s1. The van der Waals surface area contributed by atoms with Crippen LogP contribution in [-0.4, -0.2) is 80.8 Å². The van der Waals surface area contributed by atoms with Gasteiger partial charge in [-0.2, -0.15) is 0 Å². The highest BCUT2D eigenvalue weighted by Crippen LogP contribution is 2.14. The van der Waals surface area contributed by atoms with Crippen LogP contribution in [0.25, 0.3) is 0 Å². The SMILES string of the molecule is CCC.CCOC(=O)C[C@H](NC(=O)OCc1ccccc1)C(=O)N[C@H](C(=O)NCC(=O)N[C@H](/C=C/S(C)(=O)=O)CC(=O)O)c1ccccc1. The molecule has 0 heterocycles. The number of alkyl carbamates (subject to hydrolysis) is 1. The first-order valence-corrected chi connectivity index (χ1v) is 17.3. The Morgan fingerprint density at radius 1 is 0.816 bits per heavy atom. The monoisotopic (exact) mass is 704 g/mol. The molecule has 268 valence electrons. The van der Waals surface area contributed by atoms with Gasteiger partial charge in [0.2, 0.25) is 17.7 Å². The summed E-state index contributed by atoms with van der Waals surface area (Å²) in [6.07, 6.45) is 0.917. The first-order valence-electron chi connectivity index (χ1n) is 15.3. The normalized spacial score (nSPS) is 12.6. The van der Waals surface area contributed by atoms with Crippen molar-refractivity contribution in [2.24, 2.45) is 0 Å². The number of carboxylic acids is 1. The second-order valence-electron chi connectivity index (χ2n) is 10.5. The summed E-state index contributed by atoms with van der Waals surface area (Å²) >= 11 is 0. The smallest absolute Gasteiger partial charge is 0.408 e. The van der Waals surface area contributed by atoms with Gasteiger partial charge in [-0.05, 0) is 18.1 Å². The molecule has 0 saturated carbocycles. The van der Waals surface area contributed by atoms with Crippen LogP contribution in [0.3, 0.4) is 0 Å². The third-order valence-corrected chi connectivity index (χ3v) is 6.55. The molecule has 0 unspecified atom stereocenters. The maximum Gasteiger partial charge on any atom is 0.408 e. The van der Waals surface area contributed by atoms with Gasteiger partial charge in [0.25, 0.3) is 0 Å². The molecule has 15 nitrogen and oxygen atoms in total. The fourth-order valence-corrected chi connectivity index (χ4v) is 4.29. The average Bonchev–Trinajstić information content (AvgIpc) is 3.04. The van der Waals surface area contributed by atoms with Crippen molar-refractivity contribution in [3.8, 4) is 0 Å². The summed E-state index contributed by atoms with van der Waals surface area (Å²) in [7, 11) is -3.61. The minimum Gasteiger partial charge on any atom is -0.481 e. The first kappa shape index (κ1) is 41.8. The van der Waals surface area contributed by atoms with Gasteiger partial charge < -0.3 is 35.8 Å². The van der Waals surface area contributed by atoms with Gasteiger partial charge in [0.1, 0.15) is 18.7 Å². The maximum absolute atomic E-state index is 13.4. The van der Waals surface area contributed by atoms with E-state index in [9.17, 15) is 37.2 Å². The fraction of sp³-hybridized carbons (Fsp3) is 0.394. The third-order valence-electron chi connectivity index (χ3n) is 5.90. The number of hydrogen-bond acceptors (Lipinski definition) is 10. The molecule has 49 heavy (non-hydrogen) atoms. The van der Waals surface area contributed by atoms with Crippen molar-refractivity contribution in [2.75, 3.05) is 19.4 Å². The van der Waals surface area contributed by atoms with Gasteiger partial charge in [-0.15, -0.1) is 0 Å². The molecule has 5 N–H and O–H groups in total. The molecule has 4 amide bonds. The molecule has 0 aromatic heterocycles. The fourth-order valence-electron chi connectivity index (χ4n) is 3.81. The van der Waals surface area contributed by atoms with Crippen LogP contribution in [-0.2, 0) is 49.9 Å². The molecule has 16 heteroatoms. The Hall–Kier alpha value is -5.25. The summed E-state index contributed by atoms with van der Waals surface area (Å²) in [6.45, 7) is 5.04. The molecule has 0 saturated heterocycles. The lowest BCUT2D eigenvalue weighted by Gasteiger charge is -2.23. The number of carbonyl (C=O) groups excluding carboxylic acids is 5. The molecule has 3 atom stereocenters. The number of nitrogens with one attached hydrogen (secondary N) is 4. The van der Waals surface area contributed by atoms with Gasteiger partial charge in [-0.3, -0.25) is 24.0 Å². The van der Waals surface area contributed by atoms with Crippen LogP contribution in [0.1, 0.15) is 57.2 Å². The van der Waals surface area contributed by atoms with E-state index in [1.54, 1.807) is 55.5 Å². The van der Waals surface area contributed by atoms with Gasteiger partial charge in [-0.1, -0.05) is 87.0 Å². The van der Waals surface area contributed by atoms with E-state index in [1.165, 1.54) is 18.6 Å². The second-order valence-corrected chi connectivity index (χ2v) is 12.4. The highest BCUT2D eigenvalue weighted by Gasteiger charge is 2.30. The summed E-state index contributed by atoms with van der Waals surface area (Å²) < 4.78 is 32.9.